The lowest BCUT2D eigenvalue weighted by Gasteiger charge is -2.34. The van der Waals surface area contributed by atoms with Crippen molar-refractivity contribution in [3.63, 3.8) is 0 Å². The zero-order valence-electron chi connectivity index (χ0n) is 42.1. The van der Waals surface area contributed by atoms with Crippen LogP contribution in [0.25, 0.3) is 0 Å². The number of unbranched alkanes of at least 4 members (excludes halogenated alkanes) is 3. The van der Waals surface area contributed by atoms with E-state index in [1.165, 1.54) is 4.90 Å². The summed E-state index contributed by atoms with van der Waals surface area (Å²) in [6, 6.07) is 0. The minimum Gasteiger partial charge on any atom is -0.317 e. The maximum atomic E-state index is 12.5. The van der Waals surface area contributed by atoms with Gasteiger partial charge in [0.05, 0.1) is 38.1 Å². The molecule has 73 heavy (non-hydrogen) atoms. The van der Waals surface area contributed by atoms with Crippen molar-refractivity contribution in [1.82, 2.24) is 20.9 Å². The van der Waals surface area contributed by atoms with Gasteiger partial charge in [-0.15, -0.1) is 0 Å². The van der Waals surface area contributed by atoms with Gasteiger partial charge in [0.2, 0.25) is 0 Å². The molecule has 28 nitrogen and oxygen atoms in total. The Balaban J connectivity index is 7.59. The maximum Gasteiger partial charge on any atom is 0.397 e. The molecule has 0 heterocycles. The summed E-state index contributed by atoms with van der Waals surface area (Å²) >= 11 is 0. The molecule has 0 saturated heterocycles. The highest BCUT2D eigenvalue weighted by molar-refractivity contribution is 7.82. The van der Waals surface area contributed by atoms with Gasteiger partial charge in [-0.3, -0.25) is 32.2 Å². The second-order valence-electron chi connectivity index (χ2n) is 17.8. The van der Waals surface area contributed by atoms with E-state index in [9.17, 15) is 77.8 Å². The van der Waals surface area contributed by atoms with Crippen molar-refractivity contribution < 1.29 is 103 Å². The zero-order valence-corrected chi connectivity index (χ0v) is 47.0. The summed E-state index contributed by atoms with van der Waals surface area (Å²) in [6.45, 7) is 5.61. The van der Waals surface area contributed by atoms with E-state index in [2.05, 4.69) is 28.5 Å². The molecule has 0 aliphatic rings. The molecule has 440 valence electrons. The van der Waals surface area contributed by atoms with Crippen LogP contribution in [0.3, 0.4) is 0 Å². The summed E-state index contributed by atoms with van der Waals surface area (Å²) in [5, 5.41) is 9.69. The van der Waals surface area contributed by atoms with E-state index < -0.39 is 138 Å². The Bertz CT molecular complexity index is 1890. The van der Waals surface area contributed by atoms with Crippen molar-refractivity contribution in [3.8, 4) is 0 Å². The van der Waals surface area contributed by atoms with Crippen LogP contribution in [0.2, 0.25) is 0 Å². The van der Waals surface area contributed by atoms with Gasteiger partial charge >= 0.3 is 62.4 Å². The Morgan fingerprint density at radius 1 is 0.356 bits per heavy atom. The summed E-state index contributed by atoms with van der Waals surface area (Å²) < 4.78 is 230. The standard InChI is InChI=1S/C39H84N4O24S6/c1-4-7-19-40-22-10-13-34(16-25-62-68(44,45)46)28-37(65-71(53,54)55)31-43(32-38(66-72(56,57)58)29-35(17-26-63-69(47,48)49)14-11-23-41-20-8-5-2)33-39(67-73(59,60)61)30-36(18-27-64-70(50,51)52)15-12-24-42-21-9-6-3/h34-42H,4-33H2,1-3H3,(H,44,45,46)(H,47,48,49)(H,50,51,52)(H,53,54,55)(H,56,57,58)(H,59,60,61). The summed E-state index contributed by atoms with van der Waals surface area (Å²) in [7, 11) is -30.8. The van der Waals surface area contributed by atoms with E-state index >= 15 is 0 Å². The summed E-state index contributed by atoms with van der Waals surface area (Å²) in [5.74, 6) is -2.06. The van der Waals surface area contributed by atoms with Crippen molar-refractivity contribution in [2.75, 3.05) is 78.7 Å². The molecule has 6 atom stereocenters. The second kappa shape index (κ2) is 38.6. The van der Waals surface area contributed by atoms with E-state index in [0.29, 0.717) is 58.5 Å². The molecule has 0 saturated carbocycles. The van der Waals surface area contributed by atoms with Crippen molar-refractivity contribution in [1.29, 1.82) is 0 Å². The first-order chi connectivity index (χ1) is 33.8. The van der Waals surface area contributed by atoms with Crippen LogP contribution in [0.1, 0.15) is 136 Å². The smallest absolute Gasteiger partial charge is 0.317 e. The molecule has 0 aromatic carbocycles. The Labute approximate surface area is 435 Å². The maximum absolute atomic E-state index is 12.5. The molecule has 6 unspecified atom stereocenters. The second-order valence-corrected chi connectivity index (χ2v) is 24.2. The summed E-state index contributed by atoms with van der Waals surface area (Å²) in [5.41, 5.74) is 0. The SMILES string of the molecule is CCCCNCCCC(CCOS(=O)(=O)O)CC(CN(CC(CC(CCCNCCCC)CCOS(=O)(=O)O)OS(=O)(=O)O)CC(CC(CCCNCCCC)CCOS(=O)(=O)O)OS(=O)(=O)O)OS(=O)(=O)O. The third-order valence-electron chi connectivity index (χ3n) is 11.2. The number of rotatable bonds is 51. The minimum atomic E-state index is -5.35. The van der Waals surface area contributed by atoms with Crippen molar-refractivity contribution >= 4 is 62.4 Å². The molecule has 0 aliphatic carbocycles. The van der Waals surface area contributed by atoms with Gasteiger partial charge in [0.25, 0.3) is 0 Å². The lowest BCUT2D eigenvalue weighted by Crippen LogP contribution is -2.46. The van der Waals surface area contributed by atoms with Crippen LogP contribution in [-0.2, 0) is 87.5 Å². The monoisotopic (exact) mass is 1180 g/mol. The first-order valence-electron chi connectivity index (χ1n) is 24.5. The van der Waals surface area contributed by atoms with Gasteiger partial charge < -0.3 is 16.0 Å². The Kier molecular flexibility index (Phi) is 38.1. The third kappa shape index (κ3) is 49.1. The predicted molar refractivity (Wildman–Crippen MR) is 267 cm³/mol. The molecule has 0 spiro atoms. The molecule has 0 amide bonds. The molecule has 0 radical (unpaired) electrons. The summed E-state index contributed by atoms with van der Waals surface area (Å²) in [6.07, 6.45) is 1.06. The molecule has 0 bridgehead atoms. The van der Waals surface area contributed by atoms with Crippen LogP contribution in [-0.4, -0.2) is 180 Å². The van der Waals surface area contributed by atoms with Gasteiger partial charge in [-0.2, -0.15) is 50.5 Å². The van der Waals surface area contributed by atoms with E-state index in [1.807, 2.05) is 20.8 Å². The van der Waals surface area contributed by atoms with Gasteiger partial charge in [0.1, 0.15) is 0 Å². The van der Waals surface area contributed by atoms with Gasteiger partial charge in [0.15, 0.2) is 0 Å². The fraction of sp³-hybridized carbons (Fsp3) is 1.00. The Morgan fingerprint density at radius 3 is 0.795 bits per heavy atom. The molecular weight excluding hydrogens is 1100 g/mol. The number of hydrogen-bond donors (Lipinski definition) is 9. The van der Waals surface area contributed by atoms with Crippen molar-refractivity contribution in [2.24, 2.45) is 17.8 Å². The van der Waals surface area contributed by atoms with Crippen LogP contribution in [0.5, 0.6) is 0 Å². The van der Waals surface area contributed by atoms with Crippen LogP contribution in [0.15, 0.2) is 0 Å². The highest BCUT2D eigenvalue weighted by atomic mass is 32.3. The largest absolute Gasteiger partial charge is 0.397 e. The minimum absolute atomic E-state index is 0.135. The van der Waals surface area contributed by atoms with Gasteiger partial charge in [0, 0.05) is 19.6 Å². The lowest BCUT2D eigenvalue weighted by atomic mass is 9.91. The fourth-order valence-corrected chi connectivity index (χ4v) is 10.5. The quantitative estimate of drug-likeness (QED) is 0.0312. The first-order valence-corrected chi connectivity index (χ1v) is 32.7. The summed E-state index contributed by atoms with van der Waals surface area (Å²) in [4.78, 5) is 1.19. The van der Waals surface area contributed by atoms with E-state index in [0.717, 1.165) is 38.5 Å². The Morgan fingerprint density at radius 2 is 0.589 bits per heavy atom. The van der Waals surface area contributed by atoms with Gasteiger partial charge in [-0.25, -0.2) is 25.1 Å². The van der Waals surface area contributed by atoms with Crippen LogP contribution in [0, 0.1) is 17.8 Å². The lowest BCUT2D eigenvalue weighted by molar-refractivity contribution is 0.0327. The third-order valence-corrected chi connectivity index (χ3v) is 14.2. The van der Waals surface area contributed by atoms with Gasteiger partial charge in [-0.1, -0.05) is 40.0 Å². The number of hydrogen-bond acceptors (Lipinski definition) is 22. The van der Waals surface area contributed by atoms with Gasteiger partial charge in [-0.05, 0) is 153 Å². The van der Waals surface area contributed by atoms with Crippen molar-refractivity contribution in [3.05, 3.63) is 0 Å². The fourth-order valence-electron chi connectivity index (χ4n) is 8.08. The highest BCUT2D eigenvalue weighted by Gasteiger charge is 2.33. The molecule has 34 heteroatoms. The first kappa shape index (κ1) is 72.1. The molecule has 0 aliphatic heterocycles. The highest BCUT2D eigenvalue weighted by Crippen LogP contribution is 2.27. The zero-order chi connectivity index (χ0) is 55.6. The van der Waals surface area contributed by atoms with Crippen molar-refractivity contribution in [2.45, 2.75) is 155 Å². The number of nitrogens with one attached hydrogen (secondary N) is 3. The molecule has 0 aromatic rings. The average molecular weight is 1190 g/mol. The molecule has 0 fully saturated rings. The normalized spacial score (nSPS) is 15.9. The topological polar surface area (TPSA) is 421 Å². The molecular formula is C39H84N4O24S6. The van der Waals surface area contributed by atoms with E-state index in [-0.39, 0.29) is 57.8 Å². The molecule has 0 aromatic heterocycles. The van der Waals surface area contributed by atoms with Crippen LogP contribution in [0.4, 0.5) is 0 Å². The van der Waals surface area contributed by atoms with E-state index in [1.54, 1.807) is 0 Å². The van der Waals surface area contributed by atoms with E-state index in [4.69, 9.17) is 12.5 Å². The Hall–Kier alpha value is -0.940. The van der Waals surface area contributed by atoms with Crippen LogP contribution >= 0.6 is 0 Å². The molecule has 9 N–H and O–H groups in total. The van der Waals surface area contributed by atoms with Crippen LogP contribution < -0.4 is 16.0 Å². The average Bonchev–Trinajstić information content (AvgIpc) is 3.21. The predicted octanol–water partition coefficient (Wildman–Crippen LogP) is 3.01. The number of nitrogens with zero attached hydrogens (tertiary/aromatic N) is 1. The molecule has 0 rings (SSSR count).